The summed E-state index contributed by atoms with van der Waals surface area (Å²) in [5.41, 5.74) is 0.847. The van der Waals surface area contributed by atoms with E-state index in [0.29, 0.717) is 11.6 Å². The van der Waals surface area contributed by atoms with Gasteiger partial charge in [-0.05, 0) is 6.92 Å². The predicted octanol–water partition coefficient (Wildman–Crippen LogP) is 1.19. The van der Waals surface area contributed by atoms with Gasteiger partial charge in [-0.25, -0.2) is 0 Å². The molecule has 0 radical (unpaired) electrons. The van der Waals surface area contributed by atoms with E-state index in [9.17, 15) is 4.79 Å². The summed E-state index contributed by atoms with van der Waals surface area (Å²) in [6.07, 6.45) is 1.59. The SMILES string of the molecule is CCn1ncc(Cl)c1CNC(C)=O. The Kier molecular flexibility index (Phi) is 3.31. The highest BCUT2D eigenvalue weighted by Gasteiger charge is 2.07. The number of hydrogen-bond acceptors (Lipinski definition) is 2. The summed E-state index contributed by atoms with van der Waals surface area (Å²) >= 11 is 5.87. The van der Waals surface area contributed by atoms with Crippen molar-refractivity contribution in [3.8, 4) is 0 Å². The molecule has 0 aromatic carbocycles. The Hall–Kier alpha value is -1.03. The van der Waals surface area contributed by atoms with Gasteiger partial charge >= 0.3 is 0 Å². The Balaban J connectivity index is 2.73. The van der Waals surface area contributed by atoms with Crippen molar-refractivity contribution in [3.63, 3.8) is 0 Å². The van der Waals surface area contributed by atoms with Crippen molar-refractivity contribution in [3.05, 3.63) is 16.9 Å². The highest BCUT2D eigenvalue weighted by atomic mass is 35.5. The Bertz CT molecular complexity index is 308. The van der Waals surface area contributed by atoms with E-state index >= 15 is 0 Å². The first-order valence-electron chi connectivity index (χ1n) is 4.09. The first-order chi connectivity index (χ1) is 6.15. The Morgan fingerprint density at radius 2 is 2.46 bits per heavy atom. The van der Waals surface area contributed by atoms with E-state index < -0.39 is 0 Å². The lowest BCUT2D eigenvalue weighted by molar-refractivity contribution is -0.119. The van der Waals surface area contributed by atoms with Crippen LogP contribution in [0.15, 0.2) is 6.20 Å². The lowest BCUT2D eigenvalue weighted by Gasteiger charge is -2.05. The summed E-state index contributed by atoms with van der Waals surface area (Å²) in [5.74, 6) is -0.0695. The van der Waals surface area contributed by atoms with E-state index in [-0.39, 0.29) is 5.91 Å². The van der Waals surface area contributed by atoms with Crippen LogP contribution in [0, 0.1) is 0 Å². The van der Waals surface area contributed by atoms with Gasteiger partial charge in [0.05, 0.1) is 23.5 Å². The minimum Gasteiger partial charge on any atom is -0.351 e. The van der Waals surface area contributed by atoms with Crippen LogP contribution in [0.3, 0.4) is 0 Å². The van der Waals surface area contributed by atoms with Gasteiger partial charge in [0, 0.05) is 13.5 Å². The summed E-state index contributed by atoms with van der Waals surface area (Å²) < 4.78 is 1.76. The van der Waals surface area contributed by atoms with E-state index in [2.05, 4.69) is 10.4 Å². The minimum absolute atomic E-state index is 0.0695. The number of rotatable bonds is 3. The molecule has 0 unspecified atom stereocenters. The maximum Gasteiger partial charge on any atom is 0.217 e. The number of aromatic nitrogens is 2. The fourth-order valence-corrected chi connectivity index (χ4v) is 1.25. The first-order valence-corrected chi connectivity index (χ1v) is 4.47. The van der Waals surface area contributed by atoms with E-state index in [1.54, 1.807) is 10.9 Å². The van der Waals surface area contributed by atoms with Gasteiger partial charge in [0.1, 0.15) is 0 Å². The third kappa shape index (κ3) is 2.45. The van der Waals surface area contributed by atoms with Gasteiger partial charge in [0.2, 0.25) is 5.91 Å². The van der Waals surface area contributed by atoms with Gasteiger partial charge in [0.15, 0.2) is 0 Å². The zero-order chi connectivity index (χ0) is 9.84. The van der Waals surface area contributed by atoms with E-state index in [1.165, 1.54) is 6.92 Å². The average Bonchev–Trinajstić information content (AvgIpc) is 2.43. The quantitative estimate of drug-likeness (QED) is 0.799. The van der Waals surface area contributed by atoms with Crippen LogP contribution in [0.5, 0.6) is 0 Å². The fourth-order valence-electron chi connectivity index (χ4n) is 1.04. The van der Waals surface area contributed by atoms with Crippen LogP contribution >= 0.6 is 11.6 Å². The highest BCUT2D eigenvalue weighted by Crippen LogP contribution is 2.14. The van der Waals surface area contributed by atoms with Crippen LogP contribution in [0.2, 0.25) is 5.02 Å². The van der Waals surface area contributed by atoms with Gasteiger partial charge in [0.25, 0.3) is 0 Å². The van der Waals surface area contributed by atoms with Crippen molar-refractivity contribution in [2.24, 2.45) is 0 Å². The molecule has 0 spiro atoms. The van der Waals surface area contributed by atoms with E-state index in [0.717, 1.165) is 12.2 Å². The number of carbonyl (C=O) groups is 1. The monoisotopic (exact) mass is 201 g/mol. The van der Waals surface area contributed by atoms with Gasteiger partial charge in [-0.3, -0.25) is 9.48 Å². The smallest absolute Gasteiger partial charge is 0.217 e. The molecule has 72 valence electrons. The summed E-state index contributed by atoms with van der Waals surface area (Å²) in [4.78, 5) is 10.7. The predicted molar refractivity (Wildman–Crippen MR) is 50.4 cm³/mol. The second kappa shape index (κ2) is 4.28. The standard InChI is InChI=1S/C8H12ClN3O/c1-3-12-8(5-10-6(2)13)7(9)4-11-12/h4H,3,5H2,1-2H3,(H,10,13). The number of nitrogens with zero attached hydrogens (tertiary/aromatic N) is 2. The molecule has 0 atom stereocenters. The molecule has 1 heterocycles. The van der Waals surface area contributed by atoms with Crippen LogP contribution in [0.25, 0.3) is 0 Å². The first kappa shape index (κ1) is 10.1. The van der Waals surface area contributed by atoms with Crippen LogP contribution in [-0.2, 0) is 17.9 Å². The second-order valence-corrected chi connectivity index (χ2v) is 3.07. The van der Waals surface area contributed by atoms with Crippen molar-refractivity contribution in [1.29, 1.82) is 0 Å². The minimum atomic E-state index is -0.0695. The summed E-state index contributed by atoms with van der Waals surface area (Å²) in [5, 5.41) is 7.32. The van der Waals surface area contributed by atoms with Gasteiger partial charge in [-0.1, -0.05) is 11.6 Å². The maximum atomic E-state index is 10.7. The Morgan fingerprint density at radius 3 is 3.00 bits per heavy atom. The summed E-state index contributed by atoms with van der Waals surface area (Å²) in [6.45, 7) is 4.63. The molecule has 1 aromatic rings. The molecule has 0 aliphatic heterocycles. The molecule has 0 saturated heterocycles. The summed E-state index contributed by atoms with van der Waals surface area (Å²) in [6, 6.07) is 0. The normalized spacial score (nSPS) is 10.1. The van der Waals surface area contributed by atoms with Gasteiger partial charge < -0.3 is 5.32 Å². The molecule has 13 heavy (non-hydrogen) atoms. The molecule has 0 aliphatic carbocycles. The van der Waals surface area contributed by atoms with Crippen LogP contribution < -0.4 is 5.32 Å². The molecule has 0 fully saturated rings. The molecule has 4 nitrogen and oxygen atoms in total. The van der Waals surface area contributed by atoms with Crippen LogP contribution in [0.4, 0.5) is 0 Å². The molecule has 0 aliphatic rings. The Labute approximate surface area is 81.9 Å². The highest BCUT2D eigenvalue weighted by molar-refractivity contribution is 6.31. The zero-order valence-corrected chi connectivity index (χ0v) is 8.43. The lowest BCUT2D eigenvalue weighted by Crippen LogP contribution is -2.21. The van der Waals surface area contributed by atoms with Crippen LogP contribution in [0.1, 0.15) is 19.5 Å². The summed E-state index contributed by atoms with van der Waals surface area (Å²) in [7, 11) is 0. The molecule has 0 saturated carbocycles. The number of nitrogens with one attached hydrogen (secondary N) is 1. The second-order valence-electron chi connectivity index (χ2n) is 2.66. The number of hydrogen-bond donors (Lipinski definition) is 1. The molecule has 1 amide bonds. The van der Waals surface area contributed by atoms with E-state index in [1.807, 2.05) is 6.92 Å². The van der Waals surface area contributed by atoms with Crippen molar-refractivity contribution in [2.45, 2.75) is 26.9 Å². The molecule has 0 bridgehead atoms. The Morgan fingerprint density at radius 1 is 1.77 bits per heavy atom. The van der Waals surface area contributed by atoms with Crippen molar-refractivity contribution in [1.82, 2.24) is 15.1 Å². The van der Waals surface area contributed by atoms with E-state index in [4.69, 9.17) is 11.6 Å². The molecule has 5 heteroatoms. The average molecular weight is 202 g/mol. The molecule has 1 rings (SSSR count). The third-order valence-corrected chi connectivity index (χ3v) is 2.02. The number of aryl methyl sites for hydroxylation is 1. The molecule has 1 aromatic heterocycles. The molecular weight excluding hydrogens is 190 g/mol. The van der Waals surface area contributed by atoms with Gasteiger partial charge in [-0.2, -0.15) is 5.10 Å². The van der Waals surface area contributed by atoms with Crippen molar-refractivity contribution in [2.75, 3.05) is 0 Å². The topological polar surface area (TPSA) is 46.9 Å². The largest absolute Gasteiger partial charge is 0.351 e. The van der Waals surface area contributed by atoms with Crippen molar-refractivity contribution < 1.29 is 4.79 Å². The lowest BCUT2D eigenvalue weighted by atomic mass is 10.4. The zero-order valence-electron chi connectivity index (χ0n) is 7.67. The number of amides is 1. The van der Waals surface area contributed by atoms with Gasteiger partial charge in [-0.15, -0.1) is 0 Å². The molecular formula is C8H12ClN3O. The fraction of sp³-hybridized carbons (Fsp3) is 0.500. The van der Waals surface area contributed by atoms with Crippen LogP contribution in [-0.4, -0.2) is 15.7 Å². The number of halogens is 1. The number of carbonyl (C=O) groups excluding carboxylic acids is 1. The maximum absolute atomic E-state index is 10.7. The van der Waals surface area contributed by atoms with Crippen molar-refractivity contribution >= 4 is 17.5 Å². The molecule has 1 N–H and O–H groups in total. The third-order valence-electron chi connectivity index (χ3n) is 1.70.